The zero-order valence-corrected chi connectivity index (χ0v) is 24.7. The lowest BCUT2D eigenvalue weighted by Crippen LogP contribution is -2.48. The monoisotopic (exact) mass is 621 g/mol. The third kappa shape index (κ3) is 7.51. The molecule has 232 valence electrons. The predicted octanol–water partition coefficient (Wildman–Crippen LogP) is 2.91. The molecule has 1 aromatic carbocycles. The number of carbonyl (C=O) groups excluding carboxylic acids is 1. The van der Waals surface area contributed by atoms with Crippen molar-refractivity contribution in [3.05, 3.63) is 52.3 Å². The number of carbonyl (C=O) groups is 2. The van der Waals surface area contributed by atoms with Crippen LogP contribution in [0.3, 0.4) is 0 Å². The van der Waals surface area contributed by atoms with Gasteiger partial charge in [-0.25, -0.2) is 9.97 Å². The largest absolute Gasteiger partial charge is 0.497 e. The van der Waals surface area contributed by atoms with Gasteiger partial charge >= 0.3 is 12.1 Å². The van der Waals surface area contributed by atoms with Crippen molar-refractivity contribution in [2.24, 2.45) is 0 Å². The van der Waals surface area contributed by atoms with Gasteiger partial charge in [0, 0.05) is 49.2 Å². The molecule has 0 spiro atoms. The lowest BCUT2D eigenvalue weighted by molar-refractivity contribution is -0.139. The van der Waals surface area contributed by atoms with Crippen LogP contribution in [0.5, 0.6) is 5.75 Å². The van der Waals surface area contributed by atoms with Crippen molar-refractivity contribution in [3.8, 4) is 5.75 Å². The van der Waals surface area contributed by atoms with Crippen LogP contribution >= 0.6 is 11.8 Å². The summed E-state index contributed by atoms with van der Waals surface area (Å²) in [4.78, 5) is 39.7. The lowest BCUT2D eigenvalue weighted by Gasteiger charge is -2.34. The molecule has 2 atom stereocenters. The molecule has 3 N–H and O–H groups in total. The van der Waals surface area contributed by atoms with Gasteiger partial charge in [-0.15, -0.1) is 0 Å². The maximum atomic E-state index is 13.7. The molecule has 4 heterocycles. The van der Waals surface area contributed by atoms with Gasteiger partial charge in [0.2, 0.25) is 0 Å². The van der Waals surface area contributed by atoms with Gasteiger partial charge in [0.05, 0.1) is 37.3 Å². The molecule has 2 fully saturated rings. The zero-order valence-electron chi connectivity index (χ0n) is 23.9. The van der Waals surface area contributed by atoms with Gasteiger partial charge in [-0.3, -0.25) is 19.4 Å². The van der Waals surface area contributed by atoms with Crippen LogP contribution in [0.1, 0.15) is 41.4 Å². The van der Waals surface area contributed by atoms with Crippen molar-refractivity contribution >= 4 is 35.2 Å². The van der Waals surface area contributed by atoms with Crippen molar-refractivity contribution < 1.29 is 32.6 Å². The number of rotatable bonds is 9. The number of amides is 1. The molecular formula is C28H34F3N7O4S. The second-order valence-electron chi connectivity index (χ2n) is 10.7. The number of anilines is 1. The van der Waals surface area contributed by atoms with Crippen molar-refractivity contribution in [2.75, 3.05) is 57.8 Å². The van der Waals surface area contributed by atoms with Crippen LogP contribution in [0.15, 0.2) is 35.5 Å². The summed E-state index contributed by atoms with van der Waals surface area (Å²) in [5, 5.41) is 15.1. The number of likely N-dealkylation sites (tertiary alicyclic amines) is 1. The van der Waals surface area contributed by atoms with Crippen molar-refractivity contribution in [3.63, 3.8) is 0 Å². The van der Waals surface area contributed by atoms with Crippen LogP contribution in [0.25, 0.3) is 5.70 Å². The third-order valence-corrected chi connectivity index (χ3v) is 8.89. The number of piperazine rings is 1. The smallest absolute Gasteiger partial charge is 0.416 e. The first-order valence-electron chi connectivity index (χ1n) is 14.0. The molecule has 1 amide bonds. The summed E-state index contributed by atoms with van der Waals surface area (Å²) < 4.78 is 46.3. The minimum Gasteiger partial charge on any atom is -0.497 e. The molecule has 2 unspecified atom stereocenters. The lowest BCUT2D eigenvalue weighted by atomic mass is 10.1. The van der Waals surface area contributed by atoms with Gasteiger partial charge in [0.15, 0.2) is 5.50 Å². The van der Waals surface area contributed by atoms with E-state index >= 15 is 0 Å². The number of ether oxygens (including phenoxy) is 1. The molecule has 0 aliphatic carbocycles. The molecule has 2 aromatic rings. The van der Waals surface area contributed by atoms with Gasteiger partial charge in [-0.2, -0.15) is 13.2 Å². The first-order chi connectivity index (χ1) is 20.5. The zero-order chi connectivity index (χ0) is 30.7. The fourth-order valence-electron chi connectivity index (χ4n) is 5.43. The normalized spacial score (nSPS) is 21.7. The van der Waals surface area contributed by atoms with Gasteiger partial charge in [-0.05, 0) is 44.5 Å². The van der Waals surface area contributed by atoms with Crippen LogP contribution in [-0.4, -0.2) is 101 Å². The molecule has 2 saturated heterocycles. The van der Waals surface area contributed by atoms with Gasteiger partial charge in [0.1, 0.15) is 17.3 Å². The summed E-state index contributed by atoms with van der Waals surface area (Å²) in [5.74, 6) is -0.672. The number of hydrogen-bond donors (Lipinski definition) is 3. The molecule has 0 saturated carbocycles. The number of carboxylic acid groups (broad SMARTS) is 1. The fraction of sp³-hybridized carbons (Fsp3) is 0.500. The Morgan fingerprint density at radius 3 is 2.51 bits per heavy atom. The number of aliphatic carboxylic acids is 1. The Kier molecular flexibility index (Phi) is 9.32. The molecule has 15 heteroatoms. The number of thioether (sulfide) groups is 1. The number of aromatic nitrogens is 2. The second kappa shape index (κ2) is 13.0. The second-order valence-corrected chi connectivity index (χ2v) is 11.9. The van der Waals surface area contributed by atoms with E-state index in [0.717, 1.165) is 36.4 Å². The Bertz CT molecular complexity index is 1370. The molecule has 43 heavy (non-hydrogen) atoms. The summed E-state index contributed by atoms with van der Waals surface area (Å²) in [6, 6.07) is 3.95. The Morgan fingerprint density at radius 1 is 1.14 bits per heavy atom. The number of carboxylic acids is 1. The maximum absolute atomic E-state index is 13.7. The highest BCUT2D eigenvalue weighted by Crippen LogP contribution is 2.40. The quantitative estimate of drug-likeness (QED) is 0.383. The minimum absolute atomic E-state index is 0.0114. The summed E-state index contributed by atoms with van der Waals surface area (Å²) >= 11 is 1.35. The van der Waals surface area contributed by atoms with E-state index in [9.17, 15) is 22.8 Å². The summed E-state index contributed by atoms with van der Waals surface area (Å²) in [6.45, 7) is 5.87. The first-order valence-corrected chi connectivity index (χ1v) is 14.9. The Labute approximate surface area is 251 Å². The van der Waals surface area contributed by atoms with E-state index in [1.54, 1.807) is 6.07 Å². The van der Waals surface area contributed by atoms with Crippen molar-refractivity contribution in [2.45, 2.75) is 37.5 Å². The maximum Gasteiger partial charge on any atom is 0.416 e. The highest BCUT2D eigenvalue weighted by atomic mass is 32.2. The molecule has 0 bridgehead atoms. The molecule has 11 nitrogen and oxygen atoms in total. The SMILES string of the molecule is COc1cc(C2=C(CN3CCCC3C)SC(NC(=O)c3cnc(N4CCN(CC(=O)O)CC4)cn3)N2)cc(C(F)(F)F)c1. The number of methoxy groups -OCH3 is 1. The number of hydrogen-bond acceptors (Lipinski definition) is 10. The van der Waals surface area contributed by atoms with Crippen LogP contribution in [0, 0.1) is 0 Å². The van der Waals surface area contributed by atoms with Crippen molar-refractivity contribution in [1.82, 2.24) is 30.4 Å². The summed E-state index contributed by atoms with van der Waals surface area (Å²) in [5.41, 5.74) is -0.520. The Morgan fingerprint density at radius 2 is 1.91 bits per heavy atom. The topological polar surface area (TPSA) is 123 Å². The summed E-state index contributed by atoms with van der Waals surface area (Å²) in [6.07, 6.45) is 0.434. The van der Waals surface area contributed by atoms with Gasteiger partial charge in [-0.1, -0.05) is 11.8 Å². The molecule has 0 radical (unpaired) electrons. The van der Waals surface area contributed by atoms with E-state index in [2.05, 4.69) is 32.4 Å². The van der Waals surface area contributed by atoms with E-state index in [1.165, 1.54) is 31.3 Å². The fourth-order valence-corrected chi connectivity index (χ4v) is 6.59. The predicted molar refractivity (Wildman–Crippen MR) is 155 cm³/mol. The standard InChI is InChI=1S/C28H34F3N7O4S/c1-17-4-3-5-38(17)15-22-25(18-10-19(28(29,30)31)12-20(11-18)42-2)34-27(43-22)35-26(41)21-13-33-23(14-32-21)37-8-6-36(7-9-37)16-24(39)40/h10-14,17,27,34H,3-9,15-16H2,1-2H3,(H,35,41)(H,39,40). The third-order valence-electron chi connectivity index (χ3n) is 7.80. The number of benzene rings is 1. The Balaban J connectivity index is 1.29. The van der Waals surface area contributed by atoms with Crippen LogP contribution in [0.2, 0.25) is 0 Å². The van der Waals surface area contributed by atoms with E-state index in [0.29, 0.717) is 55.8 Å². The first kappa shape index (κ1) is 30.9. The summed E-state index contributed by atoms with van der Waals surface area (Å²) in [7, 11) is 1.33. The molecular weight excluding hydrogens is 587 g/mol. The van der Waals surface area contributed by atoms with E-state index in [1.807, 2.05) is 9.80 Å². The van der Waals surface area contributed by atoms with E-state index in [4.69, 9.17) is 9.84 Å². The number of nitrogens with one attached hydrogen (secondary N) is 2. The highest BCUT2D eigenvalue weighted by Gasteiger charge is 2.35. The van der Waals surface area contributed by atoms with Gasteiger partial charge < -0.3 is 25.4 Å². The van der Waals surface area contributed by atoms with E-state index in [-0.39, 0.29) is 18.0 Å². The minimum atomic E-state index is -4.55. The molecule has 1 aromatic heterocycles. The molecule has 3 aliphatic rings. The molecule has 5 rings (SSSR count). The average molecular weight is 622 g/mol. The number of alkyl halides is 3. The number of halogens is 3. The number of nitrogens with zero attached hydrogens (tertiary/aromatic N) is 5. The van der Waals surface area contributed by atoms with Crippen molar-refractivity contribution in [1.29, 1.82) is 0 Å². The van der Waals surface area contributed by atoms with Crippen LogP contribution < -0.4 is 20.3 Å². The van der Waals surface area contributed by atoms with E-state index < -0.39 is 29.1 Å². The Hall–Kier alpha value is -3.56. The van der Waals surface area contributed by atoms with Gasteiger partial charge in [0.25, 0.3) is 5.91 Å². The van der Waals surface area contributed by atoms with Crippen LogP contribution in [-0.2, 0) is 11.0 Å². The highest BCUT2D eigenvalue weighted by molar-refractivity contribution is 8.04. The average Bonchev–Trinajstić information content (AvgIpc) is 3.57. The van der Waals surface area contributed by atoms with Crippen LogP contribution in [0.4, 0.5) is 19.0 Å². The molecule has 3 aliphatic heterocycles.